The lowest BCUT2D eigenvalue weighted by atomic mass is 9.84. The summed E-state index contributed by atoms with van der Waals surface area (Å²) in [7, 11) is -6.35. The van der Waals surface area contributed by atoms with E-state index in [1.54, 1.807) is 0 Å². The van der Waals surface area contributed by atoms with Gasteiger partial charge in [0, 0.05) is 18.4 Å². The summed E-state index contributed by atoms with van der Waals surface area (Å²) in [5.41, 5.74) is 0. The molecular formula is C27H58O6Si3. The highest BCUT2D eigenvalue weighted by atomic mass is 28.4. The molecule has 0 spiro atoms. The Hall–Kier alpha value is 0.411. The quantitative estimate of drug-likeness (QED) is 0.329. The Morgan fingerprint density at radius 3 is 1.58 bits per heavy atom. The molecular weight excluding hydrogens is 505 g/mol. The number of hydrogen-bond donors (Lipinski definition) is 1. The van der Waals surface area contributed by atoms with Crippen LogP contribution in [0.3, 0.4) is 0 Å². The number of aliphatic hydroxyl groups is 1. The SMILES string of the molecule is CC(C)(C)[Si](C)(C)OC[C@H]1O[C@@H]2OC[C@@H](CO)[C@@H]2[C@@H](O[Si](C)(C)C(C)(C)C)[C@@H]1O[Si](C)(C)C(C)(C)C. The van der Waals surface area contributed by atoms with Crippen LogP contribution in [-0.2, 0) is 22.8 Å². The first kappa shape index (κ1) is 32.6. The topological polar surface area (TPSA) is 66.4 Å². The maximum absolute atomic E-state index is 10.3. The maximum atomic E-state index is 10.3. The molecule has 2 saturated heterocycles. The van der Waals surface area contributed by atoms with Crippen LogP contribution >= 0.6 is 0 Å². The van der Waals surface area contributed by atoms with E-state index in [1.165, 1.54) is 0 Å². The Labute approximate surface area is 225 Å². The van der Waals surface area contributed by atoms with Gasteiger partial charge in [-0.2, -0.15) is 0 Å². The fourth-order valence-electron chi connectivity index (χ4n) is 4.03. The van der Waals surface area contributed by atoms with Crippen molar-refractivity contribution in [3.63, 3.8) is 0 Å². The highest BCUT2D eigenvalue weighted by Gasteiger charge is 2.58. The zero-order chi connectivity index (χ0) is 28.1. The van der Waals surface area contributed by atoms with Gasteiger partial charge in [-0.25, -0.2) is 0 Å². The van der Waals surface area contributed by atoms with Crippen LogP contribution in [-0.4, -0.2) is 74.5 Å². The van der Waals surface area contributed by atoms with Crippen molar-refractivity contribution < 1.29 is 27.9 Å². The lowest BCUT2D eigenvalue weighted by Crippen LogP contribution is -2.64. The molecule has 214 valence electrons. The van der Waals surface area contributed by atoms with E-state index >= 15 is 0 Å². The highest BCUT2D eigenvalue weighted by molar-refractivity contribution is 6.75. The van der Waals surface area contributed by atoms with E-state index in [0.29, 0.717) is 13.2 Å². The van der Waals surface area contributed by atoms with Crippen LogP contribution in [0.1, 0.15) is 62.3 Å². The van der Waals surface area contributed by atoms with Gasteiger partial charge in [0.15, 0.2) is 31.2 Å². The molecule has 0 aliphatic carbocycles. The summed E-state index contributed by atoms with van der Waals surface area (Å²) in [6, 6.07) is 0. The van der Waals surface area contributed by atoms with Crippen molar-refractivity contribution in [1.29, 1.82) is 0 Å². The smallest absolute Gasteiger partial charge is 0.192 e. The molecule has 6 nitrogen and oxygen atoms in total. The van der Waals surface area contributed by atoms with Crippen molar-refractivity contribution in [3.8, 4) is 0 Å². The normalized spacial score (nSPS) is 31.0. The van der Waals surface area contributed by atoms with Crippen LogP contribution in [0.15, 0.2) is 0 Å². The zero-order valence-electron chi connectivity index (χ0n) is 26.1. The fraction of sp³-hybridized carbons (Fsp3) is 1.00. The Bertz CT molecular complexity index is 735. The first-order chi connectivity index (χ1) is 16.0. The predicted molar refractivity (Wildman–Crippen MR) is 156 cm³/mol. The van der Waals surface area contributed by atoms with E-state index in [-0.39, 0.29) is 51.9 Å². The highest BCUT2D eigenvalue weighted by Crippen LogP contribution is 2.48. The van der Waals surface area contributed by atoms with Crippen molar-refractivity contribution in [1.82, 2.24) is 0 Å². The number of ether oxygens (including phenoxy) is 2. The first-order valence-electron chi connectivity index (χ1n) is 13.8. The van der Waals surface area contributed by atoms with Gasteiger partial charge in [-0.15, -0.1) is 0 Å². The monoisotopic (exact) mass is 562 g/mol. The average molecular weight is 563 g/mol. The fourth-order valence-corrected chi connectivity index (χ4v) is 7.69. The first-order valence-corrected chi connectivity index (χ1v) is 22.6. The molecule has 2 fully saturated rings. The summed E-state index contributed by atoms with van der Waals surface area (Å²) in [4.78, 5) is 0. The minimum absolute atomic E-state index is 0.0301. The van der Waals surface area contributed by atoms with E-state index in [2.05, 4.69) is 102 Å². The molecule has 0 amide bonds. The summed E-state index contributed by atoms with van der Waals surface area (Å²) < 4.78 is 33.9. The second-order valence-corrected chi connectivity index (χ2v) is 30.0. The van der Waals surface area contributed by atoms with Crippen molar-refractivity contribution in [3.05, 3.63) is 0 Å². The molecule has 1 N–H and O–H groups in total. The Morgan fingerprint density at radius 2 is 1.17 bits per heavy atom. The zero-order valence-corrected chi connectivity index (χ0v) is 29.1. The van der Waals surface area contributed by atoms with Gasteiger partial charge in [0.05, 0.1) is 25.4 Å². The third-order valence-corrected chi connectivity index (χ3v) is 23.3. The molecule has 0 aromatic heterocycles. The molecule has 36 heavy (non-hydrogen) atoms. The Kier molecular flexibility index (Phi) is 9.75. The predicted octanol–water partition coefficient (Wildman–Crippen LogP) is 6.77. The number of fused-ring (bicyclic) bond motifs is 1. The van der Waals surface area contributed by atoms with Crippen molar-refractivity contribution in [2.24, 2.45) is 11.8 Å². The van der Waals surface area contributed by atoms with Gasteiger partial charge in [0.2, 0.25) is 0 Å². The molecule has 0 unspecified atom stereocenters. The van der Waals surface area contributed by atoms with Gasteiger partial charge in [-0.3, -0.25) is 0 Å². The molecule has 0 saturated carbocycles. The third kappa shape index (κ3) is 6.94. The number of aliphatic hydroxyl groups excluding tert-OH is 1. The minimum Gasteiger partial charge on any atom is -0.414 e. The van der Waals surface area contributed by atoms with E-state index in [0.717, 1.165) is 0 Å². The molecule has 2 rings (SSSR count). The molecule has 0 radical (unpaired) electrons. The Balaban J connectivity index is 2.54. The van der Waals surface area contributed by atoms with Gasteiger partial charge in [-0.1, -0.05) is 62.3 Å². The number of rotatable bonds is 8. The van der Waals surface area contributed by atoms with E-state index in [1.807, 2.05) is 0 Å². The molecule has 6 atom stereocenters. The van der Waals surface area contributed by atoms with Crippen LogP contribution in [0.5, 0.6) is 0 Å². The molecule has 2 aliphatic heterocycles. The van der Waals surface area contributed by atoms with Gasteiger partial charge >= 0.3 is 0 Å². The molecule has 2 aliphatic rings. The van der Waals surface area contributed by atoms with Gasteiger partial charge in [0.25, 0.3) is 0 Å². The van der Waals surface area contributed by atoms with Crippen LogP contribution < -0.4 is 0 Å². The van der Waals surface area contributed by atoms with Gasteiger partial charge < -0.3 is 27.9 Å². The lowest BCUT2D eigenvalue weighted by molar-refractivity contribution is -0.254. The molecule has 9 heteroatoms. The van der Waals surface area contributed by atoms with E-state index < -0.39 is 31.2 Å². The molecule has 0 bridgehead atoms. The molecule has 0 aromatic carbocycles. The third-order valence-electron chi connectivity index (χ3n) is 9.83. The Morgan fingerprint density at radius 1 is 0.722 bits per heavy atom. The second-order valence-electron chi connectivity index (χ2n) is 15.7. The van der Waals surface area contributed by atoms with E-state index in [9.17, 15) is 5.11 Å². The standard InChI is InChI=1S/C27H58O6Si3/c1-25(2,3)34(10,11)30-18-20-22(32-35(12,13)26(4,5)6)23(33-36(14,15)27(7,8)9)21-19(16-28)17-29-24(21)31-20/h19-24,28H,16-18H2,1-15H3/t19-,20-,21-,22-,23-,24+/m1/s1. The molecule has 2 heterocycles. The lowest BCUT2D eigenvalue weighted by Gasteiger charge is -2.52. The van der Waals surface area contributed by atoms with Gasteiger partial charge in [-0.05, 0) is 54.4 Å². The summed E-state index contributed by atoms with van der Waals surface area (Å²) in [5, 5.41) is 10.4. The largest absolute Gasteiger partial charge is 0.414 e. The van der Waals surface area contributed by atoms with Gasteiger partial charge in [0.1, 0.15) is 6.10 Å². The minimum atomic E-state index is -2.18. The van der Waals surface area contributed by atoms with Crippen LogP contribution in [0.4, 0.5) is 0 Å². The summed E-state index contributed by atoms with van der Waals surface area (Å²) in [6.07, 6.45) is -1.20. The van der Waals surface area contributed by atoms with Crippen molar-refractivity contribution >= 4 is 25.0 Å². The van der Waals surface area contributed by atoms with E-state index in [4.69, 9.17) is 22.8 Å². The van der Waals surface area contributed by atoms with Crippen LogP contribution in [0.2, 0.25) is 54.4 Å². The van der Waals surface area contributed by atoms with Crippen molar-refractivity contribution in [2.75, 3.05) is 19.8 Å². The second kappa shape index (κ2) is 10.8. The van der Waals surface area contributed by atoms with Crippen LogP contribution in [0, 0.1) is 11.8 Å². The number of hydrogen-bond acceptors (Lipinski definition) is 6. The molecule has 0 aromatic rings. The van der Waals surface area contributed by atoms with Crippen molar-refractivity contribution in [2.45, 2.75) is 141 Å². The van der Waals surface area contributed by atoms with Crippen LogP contribution in [0.25, 0.3) is 0 Å². The average Bonchev–Trinajstić information content (AvgIpc) is 3.08. The summed E-state index contributed by atoms with van der Waals surface area (Å²) in [5.74, 6) is -0.0967. The summed E-state index contributed by atoms with van der Waals surface area (Å²) in [6.45, 7) is 35.1. The maximum Gasteiger partial charge on any atom is 0.192 e. The summed E-state index contributed by atoms with van der Waals surface area (Å²) >= 11 is 0.